The van der Waals surface area contributed by atoms with Gasteiger partial charge >= 0.3 is 0 Å². The van der Waals surface area contributed by atoms with Crippen molar-refractivity contribution in [3.8, 4) is 5.75 Å². The quantitative estimate of drug-likeness (QED) is 0.304. The smallest absolute Gasteiger partial charge is 0.119 e. The van der Waals surface area contributed by atoms with E-state index in [1.807, 2.05) is 54.6 Å². The van der Waals surface area contributed by atoms with E-state index in [0.717, 1.165) is 47.5 Å². The molecule has 1 N–H and O–H groups in total. The Morgan fingerprint density at radius 1 is 0.964 bits per heavy atom. The summed E-state index contributed by atoms with van der Waals surface area (Å²) in [4.78, 5) is 2.30. The fourth-order valence-electron chi connectivity index (χ4n) is 3.10. The zero-order valence-corrected chi connectivity index (χ0v) is 18.4. The number of aliphatic hydroxyl groups is 1. The SMILES string of the molecule is C=CCN(C)CCCCCCCOc1ccc(C(O)c2ccc(Br)cc2)cc1. The van der Waals surface area contributed by atoms with Gasteiger partial charge in [-0.05, 0) is 61.8 Å². The van der Waals surface area contributed by atoms with Gasteiger partial charge in [-0.15, -0.1) is 6.58 Å². The molecule has 0 aliphatic heterocycles. The van der Waals surface area contributed by atoms with Gasteiger partial charge in [-0.1, -0.05) is 65.5 Å². The number of hydrogen-bond donors (Lipinski definition) is 1. The van der Waals surface area contributed by atoms with E-state index in [9.17, 15) is 5.11 Å². The number of hydrogen-bond acceptors (Lipinski definition) is 3. The van der Waals surface area contributed by atoms with Gasteiger partial charge in [0.1, 0.15) is 11.9 Å². The Morgan fingerprint density at radius 2 is 1.54 bits per heavy atom. The minimum atomic E-state index is -0.618. The molecule has 152 valence electrons. The Kier molecular flexibility index (Phi) is 10.3. The first-order valence-electron chi connectivity index (χ1n) is 10.1. The average molecular weight is 446 g/mol. The number of rotatable bonds is 13. The molecule has 0 aliphatic carbocycles. The van der Waals surface area contributed by atoms with E-state index < -0.39 is 6.10 Å². The summed E-state index contributed by atoms with van der Waals surface area (Å²) in [6.45, 7) is 6.61. The average Bonchev–Trinajstić information content (AvgIpc) is 2.71. The molecule has 2 aromatic rings. The summed E-state index contributed by atoms with van der Waals surface area (Å²) in [5.74, 6) is 0.859. The van der Waals surface area contributed by atoms with Gasteiger partial charge in [0, 0.05) is 11.0 Å². The Labute approximate surface area is 178 Å². The second kappa shape index (κ2) is 12.8. The summed E-state index contributed by atoms with van der Waals surface area (Å²) in [5, 5.41) is 10.5. The fourth-order valence-corrected chi connectivity index (χ4v) is 3.36. The first-order chi connectivity index (χ1) is 13.6. The van der Waals surface area contributed by atoms with E-state index in [1.165, 1.54) is 25.7 Å². The largest absolute Gasteiger partial charge is 0.494 e. The van der Waals surface area contributed by atoms with E-state index in [-0.39, 0.29) is 0 Å². The van der Waals surface area contributed by atoms with Gasteiger partial charge in [-0.25, -0.2) is 0 Å². The molecular weight excluding hydrogens is 414 g/mol. The predicted molar refractivity (Wildman–Crippen MR) is 121 cm³/mol. The number of halogens is 1. The van der Waals surface area contributed by atoms with E-state index >= 15 is 0 Å². The van der Waals surface area contributed by atoms with Crippen molar-refractivity contribution < 1.29 is 9.84 Å². The molecule has 4 heteroatoms. The predicted octanol–water partition coefficient (Wildman–Crippen LogP) is 5.98. The zero-order chi connectivity index (χ0) is 20.2. The van der Waals surface area contributed by atoms with Crippen molar-refractivity contribution in [1.29, 1.82) is 0 Å². The fraction of sp³-hybridized carbons (Fsp3) is 0.417. The topological polar surface area (TPSA) is 32.7 Å². The molecule has 0 amide bonds. The van der Waals surface area contributed by atoms with Crippen LogP contribution in [0.15, 0.2) is 65.7 Å². The zero-order valence-electron chi connectivity index (χ0n) is 16.8. The van der Waals surface area contributed by atoms with E-state index in [4.69, 9.17) is 4.74 Å². The van der Waals surface area contributed by atoms with Gasteiger partial charge in [0.2, 0.25) is 0 Å². The van der Waals surface area contributed by atoms with E-state index in [2.05, 4.69) is 34.5 Å². The Morgan fingerprint density at radius 3 is 2.18 bits per heavy atom. The van der Waals surface area contributed by atoms with Crippen LogP contribution in [0.3, 0.4) is 0 Å². The van der Waals surface area contributed by atoms with Crippen LogP contribution in [0, 0.1) is 0 Å². The van der Waals surface area contributed by atoms with Crippen LogP contribution in [0.25, 0.3) is 0 Å². The molecule has 0 saturated heterocycles. The number of benzene rings is 2. The summed E-state index contributed by atoms with van der Waals surface area (Å²) >= 11 is 3.42. The molecule has 0 bridgehead atoms. The molecule has 0 aliphatic rings. The lowest BCUT2D eigenvalue weighted by molar-refractivity contribution is 0.220. The number of aliphatic hydroxyl groups excluding tert-OH is 1. The van der Waals surface area contributed by atoms with Crippen molar-refractivity contribution in [3.05, 3.63) is 76.8 Å². The van der Waals surface area contributed by atoms with E-state index in [0.29, 0.717) is 0 Å². The summed E-state index contributed by atoms with van der Waals surface area (Å²) in [7, 11) is 2.14. The third kappa shape index (κ3) is 8.17. The molecule has 0 fully saturated rings. The van der Waals surface area contributed by atoms with Gasteiger partial charge in [-0.3, -0.25) is 0 Å². The lowest BCUT2D eigenvalue weighted by Gasteiger charge is -2.13. The molecule has 2 aromatic carbocycles. The van der Waals surface area contributed by atoms with Crippen molar-refractivity contribution in [1.82, 2.24) is 4.90 Å². The van der Waals surface area contributed by atoms with Gasteiger partial charge in [-0.2, -0.15) is 0 Å². The standard InChI is InChI=1S/C24H32BrNO2/c1-3-17-26(2)18-7-5-4-6-8-19-28-23-15-11-21(12-16-23)24(27)20-9-13-22(25)14-10-20/h3,9-16,24,27H,1,4-8,17-19H2,2H3. The Balaban J connectivity index is 1.62. The van der Waals surface area contributed by atoms with Crippen LogP contribution < -0.4 is 4.74 Å². The number of unbranched alkanes of at least 4 members (excludes halogenated alkanes) is 4. The molecule has 0 radical (unpaired) electrons. The summed E-state index contributed by atoms with van der Waals surface area (Å²) in [6.07, 6.45) is 7.37. The molecule has 0 spiro atoms. The maximum atomic E-state index is 10.5. The lowest BCUT2D eigenvalue weighted by atomic mass is 10.0. The lowest BCUT2D eigenvalue weighted by Crippen LogP contribution is -2.19. The van der Waals surface area contributed by atoms with Crippen molar-refractivity contribution in [3.63, 3.8) is 0 Å². The van der Waals surface area contributed by atoms with Gasteiger partial charge in [0.25, 0.3) is 0 Å². The van der Waals surface area contributed by atoms with Crippen molar-refractivity contribution in [2.75, 3.05) is 26.7 Å². The molecule has 0 saturated carbocycles. The maximum absolute atomic E-state index is 10.5. The highest BCUT2D eigenvalue weighted by atomic mass is 79.9. The second-order valence-electron chi connectivity index (χ2n) is 7.19. The normalized spacial score (nSPS) is 12.1. The van der Waals surface area contributed by atoms with Crippen LogP contribution in [0.4, 0.5) is 0 Å². The van der Waals surface area contributed by atoms with Crippen LogP contribution in [0.1, 0.15) is 49.3 Å². The number of ether oxygens (including phenoxy) is 1. The summed E-state index contributed by atoms with van der Waals surface area (Å²) in [6, 6.07) is 15.5. The monoisotopic (exact) mass is 445 g/mol. The van der Waals surface area contributed by atoms with Gasteiger partial charge in [0.15, 0.2) is 0 Å². The molecule has 0 aromatic heterocycles. The van der Waals surface area contributed by atoms with Gasteiger partial charge in [0.05, 0.1) is 6.61 Å². The van der Waals surface area contributed by atoms with Gasteiger partial charge < -0.3 is 14.7 Å². The molecule has 0 heterocycles. The number of likely N-dealkylation sites (N-methyl/N-ethyl adjacent to an activating group) is 1. The Hall–Kier alpha value is -1.62. The molecule has 2 rings (SSSR count). The summed E-state index contributed by atoms with van der Waals surface area (Å²) < 4.78 is 6.84. The third-order valence-electron chi connectivity index (χ3n) is 4.78. The van der Waals surface area contributed by atoms with Crippen LogP contribution in [-0.4, -0.2) is 36.8 Å². The number of nitrogens with zero attached hydrogens (tertiary/aromatic N) is 1. The maximum Gasteiger partial charge on any atom is 0.119 e. The van der Waals surface area contributed by atoms with Crippen LogP contribution >= 0.6 is 15.9 Å². The van der Waals surface area contributed by atoms with Crippen LogP contribution in [-0.2, 0) is 0 Å². The second-order valence-corrected chi connectivity index (χ2v) is 8.11. The molecule has 3 nitrogen and oxygen atoms in total. The first-order valence-corrected chi connectivity index (χ1v) is 10.8. The highest BCUT2D eigenvalue weighted by Crippen LogP contribution is 2.25. The van der Waals surface area contributed by atoms with Crippen LogP contribution in [0.2, 0.25) is 0 Å². The molecular formula is C24H32BrNO2. The minimum Gasteiger partial charge on any atom is -0.494 e. The highest BCUT2D eigenvalue weighted by Gasteiger charge is 2.10. The van der Waals surface area contributed by atoms with E-state index in [1.54, 1.807) is 0 Å². The third-order valence-corrected chi connectivity index (χ3v) is 5.30. The first kappa shape index (κ1) is 22.7. The summed E-state index contributed by atoms with van der Waals surface area (Å²) in [5.41, 5.74) is 1.75. The highest BCUT2D eigenvalue weighted by molar-refractivity contribution is 9.10. The van der Waals surface area contributed by atoms with Crippen LogP contribution in [0.5, 0.6) is 5.75 Å². The van der Waals surface area contributed by atoms with Crippen molar-refractivity contribution >= 4 is 15.9 Å². The van der Waals surface area contributed by atoms with Crippen molar-refractivity contribution in [2.45, 2.75) is 38.2 Å². The Bertz CT molecular complexity index is 685. The van der Waals surface area contributed by atoms with Crippen molar-refractivity contribution in [2.24, 2.45) is 0 Å². The molecule has 1 atom stereocenters. The molecule has 28 heavy (non-hydrogen) atoms. The minimum absolute atomic E-state index is 0.618. The molecule has 1 unspecified atom stereocenters.